The molecule has 0 saturated carbocycles. The minimum Gasteiger partial charge on any atom is -0.411 e. The zero-order chi connectivity index (χ0) is 10.8. The van der Waals surface area contributed by atoms with Gasteiger partial charge in [0.15, 0.2) is 0 Å². The summed E-state index contributed by atoms with van der Waals surface area (Å²) in [5, 5.41) is 12.8. The minimum absolute atomic E-state index is 0.916. The molecule has 0 radical (unpaired) electrons. The van der Waals surface area contributed by atoms with Crippen LogP contribution in [0, 0.1) is 6.92 Å². The van der Waals surface area contributed by atoms with Crippen LogP contribution in [0.3, 0.4) is 0 Å². The van der Waals surface area contributed by atoms with E-state index in [1.54, 1.807) is 0 Å². The van der Waals surface area contributed by atoms with E-state index in [9.17, 15) is 0 Å². The molecular formula is C12H14N2O. The van der Waals surface area contributed by atoms with Gasteiger partial charge in [-0.15, -0.1) is 0 Å². The van der Waals surface area contributed by atoms with Crippen LogP contribution in [0.4, 0.5) is 0 Å². The van der Waals surface area contributed by atoms with Gasteiger partial charge in [0.2, 0.25) is 0 Å². The van der Waals surface area contributed by atoms with E-state index >= 15 is 0 Å². The summed E-state index contributed by atoms with van der Waals surface area (Å²) in [5.41, 5.74) is 3.38. The molecule has 2 aromatic rings. The second-order valence-corrected chi connectivity index (χ2v) is 3.64. The first-order valence-electron chi connectivity index (χ1n) is 5.03. The first kappa shape index (κ1) is 9.77. The molecule has 1 aromatic carbocycles. The normalized spacial score (nSPS) is 11.6. The van der Waals surface area contributed by atoms with Gasteiger partial charge in [0.25, 0.3) is 0 Å². The lowest BCUT2D eigenvalue weighted by Crippen LogP contribution is -1.90. The topological polar surface area (TPSA) is 37.5 Å². The van der Waals surface area contributed by atoms with Crippen LogP contribution in [-0.4, -0.2) is 16.0 Å². The molecule has 1 N–H and O–H groups in total. The van der Waals surface area contributed by atoms with E-state index in [4.69, 9.17) is 5.21 Å². The summed E-state index contributed by atoms with van der Waals surface area (Å²) in [6.07, 6.45) is 3.48. The third-order valence-corrected chi connectivity index (χ3v) is 2.61. The van der Waals surface area contributed by atoms with E-state index in [0.717, 1.165) is 17.5 Å². The second-order valence-electron chi connectivity index (χ2n) is 3.64. The van der Waals surface area contributed by atoms with E-state index in [0.29, 0.717) is 0 Å². The summed E-state index contributed by atoms with van der Waals surface area (Å²) in [6, 6.07) is 6.28. The number of benzene rings is 1. The van der Waals surface area contributed by atoms with Crippen LogP contribution >= 0.6 is 0 Å². The van der Waals surface area contributed by atoms with Gasteiger partial charge in [0.1, 0.15) is 0 Å². The predicted molar refractivity (Wildman–Crippen MR) is 61.7 cm³/mol. The van der Waals surface area contributed by atoms with E-state index in [-0.39, 0.29) is 0 Å². The monoisotopic (exact) mass is 202 g/mol. The number of hydrogen-bond donors (Lipinski definition) is 1. The molecule has 0 amide bonds. The van der Waals surface area contributed by atoms with Crippen molar-refractivity contribution in [3.63, 3.8) is 0 Å². The first-order valence-corrected chi connectivity index (χ1v) is 5.03. The molecule has 0 aliphatic carbocycles. The number of rotatable bonds is 2. The molecular weight excluding hydrogens is 188 g/mol. The van der Waals surface area contributed by atoms with Crippen molar-refractivity contribution in [2.45, 2.75) is 20.4 Å². The maximum Gasteiger partial charge on any atom is 0.0755 e. The molecule has 0 fully saturated rings. The van der Waals surface area contributed by atoms with Crippen LogP contribution in [0.25, 0.3) is 10.9 Å². The summed E-state index contributed by atoms with van der Waals surface area (Å²) in [7, 11) is 0. The first-order chi connectivity index (χ1) is 7.26. The van der Waals surface area contributed by atoms with Crippen LogP contribution in [0.15, 0.2) is 29.6 Å². The minimum atomic E-state index is 0.916. The molecule has 0 aliphatic heterocycles. The highest BCUT2D eigenvalue weighted by Gasteiger charge is 2.05. The summed E-state index contributed by atoms with van der Waals surface area (Å²) < 4.78 is 2.15. The summed E-state index contributed by atoms with van der Waals surface area (Å²) >= 11 is 0. The lowest BCUT2D eigenvalue weighted by atomic mass is 10.1. The molecule has 3 heteroatoms. The molecule has 78 valence electrons. The Kier molecular flexibility index (Phi) is 2.46. The zero-order valence-electron chi connectivity index (χ0n) is 8.94. The van der Waals surface area contributed by atoms with Crippen LogP contribution in [-0.2, 0) is 6.54 Å². The quantitative estimate of drug-likeness (QED) is 0.454. The Bertz CT molecular complexity index is 512. The van der Waals surface area contributed by atoms with Crippen LogP contribution in [0.2, 0.25) is 0 Å². The lowest BCUT2D eigenvalue weighted by molar-refractivity contribution is 0.322. The van der Waals surface area contributed by atoms with E-state index < -0.39 is 0 Å². The molecule has 0 atom stereocenters. The molecule has 0 unspecified atom stereocenters. The fourth-order valence-electron chi connectivity index (χ4n) is 1.86. The maximum absolute atomic E-state index is 8.58. The Labute approximate surface area is 88.6 Å². The Morgan fingerprint density at radius 3 is 2.93 bits per heavy atom. The van der Waals surface area contributed by atoms with Crippen molar-refractivity contribution in [2.24, 2.45) is 5.16 Å². The van der Waals surface area contributed by atoms with E-state index in [1.165, 1.54) is 17.3 Å². The third-order valence-electron chi connectivity index (χ3n) is 2.61. The Morgan fingerprint density at radius 2 is 2.27 bits per heavy atom. The molecule has 2 rings (SSSR count). The average molecular weight is 202 g/mol. The average Bonchev–Trinajstić information content (AvgIpc) is 2.56. The largest absolute Gasteiger partial charge is 0.411 e. The fourth-order valence-corrected chi connectivity index (χ4v) is 1.86. The van der Waals surface area contributed by atoms with Crippen molar-refractivity contribution >= 4 is 17.1 Å². The van der Waals surface area contributed by atoms with Gasteiger partial charge < -0.3 is 9.77 Å². The summed E-state index contributed by atoms with van der Waals surface area (Å²) in [6.45, 7) is 5.09. The van der Waals surface area contributed by atoms with Crippen molar-refractivity contribution in [2.75, 3.05) is 0 Å². The molecule has 0 aliphatic rings. The summed E-state index contributed by atoms with van der Waals surface area (Å²) in [5.74, 6) is 0. The van der Waals surface area contributed by atoms with Crippen molar-refractivity contribution < 1.29 is 5.21 Å². The zero-order valence-corrected chi connectivity index (χ0v) is 8.94. The highest BCUT2D eigenvalue weighted by atomic mass is 16.4. The Hall–Kier alpha value is -1.77. The summed E-state index contributed by atoms with van der Waals surface area (Å²) in [4.78, 5) is 0. The lowest BCUT2D eigenvalue weighted by Gasteiger charge is -2.00. The number of hydrogen-bond acceptors (Lipinski definition) is 2. The van der Waals surface area contributed by atoms with Gasteiger partial charge in [-0.2, -0.15) is 0 Å². The van der Waals surface area contributed by atoms with Gasteiger partial charge in [-0.25, -0.2) is 0 Å². The maximum atomic E-state index is 8.58. The number of oxime groups is 1. The third kappa shape index (κ3) is 1.61. The number of aromatic nitrogens is 1. The number of fused-ring (bicyclic) bond motifs is 1. The van der Waals surface area contributed by atoms with Crippen molar-refractivity contribution in [1.82, 2.24) is 4.57 Å². The number of nitrogens with zero attached hydrogens (tertiary/aromatic N) is 2. The molecule has 0 spiro atoms. The van der Waals surface area contributed by atoms with Crippen molar-refractivity contribution in [3.8, 4) is 0 Å². The fraction of sp³-hybridized carbons (Fsp3) is 0.250. The molecule has 0 saturated heterocycles. The highest BCUT2D eigenvalue weighted by molar-refractivity contribution is 5.99. The van der Waals surface area contributed by atoms with Crippen LogP contribution < -0.4 is 0 Å². The molecule has 3 nitrogen and oxygen atoms in total. The molecule has 1 aromatic heterocycles. The van der Waals surface area contributed by atoms with Gasteiger partial charge in [-0.05, 0) is 25.5 Å². The second kappa shape index (κ2) is 3.77. The van der Waals surface area contributed by atoms with Gasteiger partial charge in [-0.3, -0.25) is 0 Å². The van der Waals surface area contributed by atoms with Gasteiger partial charge in [0.05, 0.1) is 6.21 Å². The molecule has 15 heavy (non-hydrogen) atoms. The van der Waals surface area contributed by atoms with E-state index in [1.807, 2.05) is 6.20 Å². The Balaban J connectivity index is 2.74. The van der Waals surface area contributed by atoms with Crippen molar-refractivity contribution in [1.29, 1.82) is 0 Å². The van der Waals surface area contributed by atoms with Gasteiger partial charge in [0, 0.05) is 29.2 Å². The van der Waals surface area contributed by atoms with Crippen molar-refractivity contribution in [3.05, 3.63) is 35.5 Å². The Morgan fingerprint density at radius 1 is 1.47 bits per heavy atom. The van der Waals surface area contributed by atoms with Gasteiger partial charge >= 0.3 is 0 Å². The molecule has 0 bridgehead atoms. The van der Waals surface area contributed by atoms with Crippen LogP contribution in [0.1, 0.15) is 18.1 Å². The predicted octanol–water partition coefficient (Wildman–Crippen LogP) is 2.78. The van der Waals surface area contributed by atoms with E-state index in [2.05, 4.69) is 41.8 Å². The SMILES string of the molecule is CCn1cc(/C=N/O)c2ccc(C)cc21. The highest BCUT2D eigenvalue weighted by Crippen LogP contribution is 2.21. The smallest absolute Gasteiger partial charge is 0.0755 e. The van der Waals surface area contributed by atoms with Gasteiger partial charge in [-0.1, -0.05) is 17.3 Å². The molecule has 1 heterocycles. The van der Waals surface area contributed by atoms with Crippen LogP contribution in [0.5, 0.6) is 0 Å². The standard InChI is InChI=1S/C12H14N2O/c1-3-14-8-10(7-13-15)11-5-4-9(2)6-12(11)14/h4-8,15H,3H2,1-2H3/b13-7+. The number of aryl methyl sites for hydroxylation is 2.